The molecule has 0 aromatic carbocycles. The van der Waals surface area contributed by atoms with Gasteiger partial charge in [0.1, 0.15) is 0 Å². The van der Waals surface area contributed by atoms with E-state index in [0.717, 1.165) is 19.6 Å². The third-order valence-corrected chi connectivity index (χ3v) is 4.44. The van der Waals surface area contributed by atoms with E-state index in [-0.39, 0.29) is 5.41 Å². The molecule has 1 rings (SSSR count). The highest BCUT2D eigenvalue weighted by atomic mass is 32.1. The van der Waals surface area contributed by atoms with Crippen LogP contribution in [0.5, 0.6) is 0 Å². The van der Waals surface area contributed by atoms with Gasteiger partial charge in [-0.2, -0.15) is 0 Å². The maximum absolute atomic E-state index is 4.50. The number of nitrogens with one attached hydrogen (secondary N) is 1. The predicted molar refractivity (Wildman–Crippen MR) is 80.3 cm³/mol. The molecule has 1 aromatic heterocycles. The van der Waals surface area contributed by atoms with Gasteiger partial charge in [-0.25, -0.2) is 4.98 Å². The zero-order valence-corrected chi connectivity index (χ0v) is 13.4. The summed E-state index contributed by atoms with van der Waals surface area (Å²) in [7, 11) is 2.16. The van der Waals surface area contributed by atoms with Crippen molar-refractivity contribution in [1.82, 2.24) is 15.2 Å². The third kappa shape index (κ3) is 5.04. The topological polar surface area (TPSA) is 28.2 Å². The normalized spacial score (nSPS) is 12.7. The molecule has 0 saturated carbocycles. The lowest BCUT2D eigenvalue weighted by Gasteiger charge is -2.20. The first-order chi connectivity index (χ1) is 8.30. The lowest BCUT2D eigenvalue weighted by Crippen LogP contribution is -2.33. The van der Waals surface area contributed by atoms with Crippen LogP contribution in [0.3, 0.4) is 0 Å². The SMILES string of the molecule is CC(C)N(C)CCNCc1cnc(C(C)(C)C)s1. The second-order valence-electron chi connectivity index (χ2n) is 6.13. The zero-order valence-electron chi connectivity index (χ0n) is 12.6. The summed E-state index contributed by atoms with van der Waals surface area (Å²) >= 11 is 1.82. The van der Waals surface area contributed by atoms with Gasteiger partial charge in [-0.3, -0.25) is 0 Å². The van der Waals surface area contributed by atoms with Gasteiger partial charge in [0.25, 0.3) is 0 Å². The van der Waals surface area contributed by atoms with E-state index in [1.165, 1.54) is 9.88 Å². The molecule has 0 fully saturated rings. The number of nitrogens with zero attached hydrogens (tertiary/aromatic N) is 2. The number of rotatable bonds is 6. The van der Waals surface area contributed by atoms with Gasteiger partial charge < -0.3 is 10.2 Å². The van der Waals surface area contributed by atoms with E-state index in [0.29, 0.717) is 6.04 Å². The fourth-order valence-corrected chi connectivity index (χ4v) is 2.40. The van der Waals surface area contributed by atoms with E-state index < -0.39 is 0 Å². The van der Waals surface area contributed by atoms with Gasteiger partial charge in [-0.05, 0) is 20.9 Å². The molecular formula is C14H27N3S. The summed E-state index contributed by atoms with van der Waals surface area (Å²) in [6.45, 7) is 14.1. The number of thiazole rings is 1. The number of likely N-dealkylation sites (N-methyl/N-ethyl adjacent to an activating group) is 1. The Labute approximate surface area is 116 Å². The molecule has 0 radical (unpaired) electrons. The Hall–Kier alpha value is -0.450. The lowest BCUT2D eigenvalue weighted by molar-refractivity contribution is 0.273. The molecule has 4 heteroatoms. The maximum atomic E-state index is 4.50. The maximum Gasteiger partial charge on any atom is 0.0981 e. The average molecular weight is 269 g/mol. The van der Waals surface area contributed by atoms with Crippen LogP contribution in [0.2, 0.25) is 0 Å². The molecule has 0 aliphatic heterocycles. The monoisotopic (exact) mass is 269 g/mol. The molecule has 1 aromatic rings. The number of aromatic nitrogens is 1. The Bertz CT molecular complexity index is 352. The van der Waals surface area contributed by atoms with E-state index in [1.54, 1.807) is 0 Å². The summed E-state index contributed by atoms with van der Waals surface area (Å²) in [4.78, 5) is 8.17. The highest BCUT2D eigenvalue weighted by Crippen LogP contribution is 2.26. The van der Waals surface area contributed by atoms with Crippen LogP contribution in [0.15, 0.2) is 6.20 Å². The van der Waals surface area contributed by atoms with Crippen LogP contribution in [0.1, 0.15) is 44.5 Å². The molecule has 0 bridgehead atoms. The van der Waals surface area contributed by atoms with Crippen LogP contribution in [0, 0.1) is 0 Å². The minimum Gasteiger partial charge on any atom is -0.311 e. The van der Waals surface area contributed by atoms with E-state index in [1.807, 2.05) is 17.5 Å². The molecule has 0 atom stereocenters. The molecule has 18 heavy (non-hydrogen) atoms. The quantitative estimate of drug-likeness (QED) is 0.805. The van der Waals surface area contributed by atoms with Crippen molar-refractivity contribution in [1.29, 1.82) is 0 Å². The summed E-state index contributed by atoms with van der Waals surface area (Å²) in [6.07, 6.45) is 2.00. The molecule has 1 N–H and O–H groups in total. The molecule has 1 heterocycles. The van der Waals surface area contributed by atoms with E-state index in [4.69, 9.17) is 0 Å². The largest absolute Gasteiger partial charge is 0.311 e. The van der Waals surface area contributed by atoms with Crippen molar-refractivity contribution in [3.63, 3.8) is 0 Å². The minimum atomic E-state index is 0.167. The fourth-order valence-electron chi connectivity index (χ4n) is 1.46. The Morgan fingerprint density at radius 1 is 1.39 bits per heavy atom. The molecule has 0 saturated heterocycles. The van der Waals surface area contributed by atoms with Crippen molar-refractivity contribution in [3.8, 4) is 0 Å². The highest BCUT2D eigenvalue weighted by molar-refractivity contribution is 7.11. The number of hydrogen-bond donors (Lipinski definition) is 1. The molecule has 0 spiro atoms. The van der Waals surface area contributed by atoms with E-state index in [9.17, 15) is 0 Å². The van der Waals surface area contributed by atoms with Crippen LogP contribution in [0.25, 0.3) is 0 Å². The smallest absolute Gasteiger partial charge is 0.0981 e. The van der Waals surface area contributed by atoms with Crippen LogP contribution in [-0.4, -0.2) is 36.1 Å². The summed E-state index contributed by atoms with van der Waals surface area (Å²) in [6, 6.07) is 0.614. The summed E-state index contributed by atoms with van der Waals surface area (Å²) in [5.41, 5.74) is 0.167. The van der Waals surface area contributed by atoms with Crippen LogP contribution >= 0.6 is 11.3 Å². The minimum absolute atomic E-state index is 0.167. The van der Waals surface area contributed by atoms with Gasteiger partial charge in [0.05, 0.1) is 5.01 Å². The van der Waals surface area contributed by atoms with Gasteiger partial charge in [0.15, 0.2) is 0 Å². The fraction of sp³-hybridized carbons (Fsp3) is 0.786. The van der Waals surface area contributed by atoms with Crippen molar-refractivity contribution in [2.45, 2.75) is 52.6 Å². The lowest BCUT2D eigenvalue weighted by atomic mass is 9.98. The highest BCUT2D eigenvalue weighted by Gasteiger charge is 2.17. The first-order valence-electron chi connectivity index (χ1n) is 6.67. The molecular weight excluding hydrogens is 242 g/mol. The Balaban J connectivity index is 2.30. The molecule has 0 aliphatic carbocycles. The Kier molecular flexibility index (Phi) is 5.76. The van der Waals surface area contributed by atoms with E-state index in [2.05, 4.69) is 56.9 Å². The van der Waals surface area contributed by atoms with Gasteiger partial charge in [-0.15, -0.1) is 11.3 Å². The number of hydrogen-bond acceptors (Lipinski definition) is 4. The summed E-state index contributed by atoms with van der Waals surface area (Å²) in [5, 5.41) is 4.70. The first kappa shape index (κ1) is 15.6. The zero-order chi connectivity index (χ0) is 13.8. The van der Waals surface area contributed by atoms with Gasteiger partial charge in [0.2, 0.25) is 0 Å². The second kappa shape index (κ2) is 6.64. The average Bonchev–Trinajstić information content (AvgIpc) is 2.72. The van der Waals surface area contributed by atoms with Crippen molar-refractivity contribution < 1.29 is 0 Å². The standard InChI is InChI=1S/C14H27N3S/c1-11(2)17(6)8-7-15-9-12-10-16-13(18-12)14(3,4)5/h10-11,15H,7-9H2,1-6H3. The molecule has 0 unspecified atom stereocenters. The van der Waals surface area contributed by atoms with Crippen LogP contribution < -0.4 is 5.32 Å². The van der Waals surface area contributed by atoms with Crippen molar-refractivity contribution in [2.75, 3.05) is 20.1 Å². The molecule has 0 amide bonds. The molecule has 0 aliphatic rings. The van der Waals surface area contributed by atoms with Crippen molar-refractivity contribution >= 4 is 11.3 Å². The third-order valence-electron chi connectivity index (χ3n) is 3.02. The summed E-state index contributed by atoms with van der Waals surface area (Å²) in [5.74, 6) is 0. The Morgan fingerprint density at radius 2 is 2.06 bits per heavy atom. The van der Waals surface area contributed by atoms with Gasteiger partial charge in [-0.1, -0.05) is 20.8 Å². The van der Waals surface area contributed by atoms with Crippen molar-refractivity contribution in [2.24, 2.45) is 0 Å². The second-order valence-corrected chi connectivity index (χ2v) is 7.25. The van der Waals surface area contributed by atoms with E-state index >= 15 is 0 Å². The molecule has 104 valence electrons. The van der Waals surface area contributed by atoms with Crippen LogP contribution in [-0.2, 0) is 12.0 Å². The van der Waals surface area contributed by atoms with Gasteiger partial charge >= 0.3 is 0 Å². The molecule has 3 nitrogen and oxygen atoms in total. The van der Waals surface area contributed by atoms with Crippen molar-refractivity contribution in [3.05, 3.63) is 16.1 Å². The van der Waals surface area contributed by atoms with Crippen LogP contribution in [0.4, 0.5) is 0 Å². The Morgan fingerprint density at radius 3 is 2.56 bits per heavy atom. The first-order valence-corrected chi connectivity index (χ1v) is 7.48. The van der Waals surface area contributed by atoms with Gasteiger partial charge in [0, 0.05) is 42.2 Å². The summed E-state index contributed by atoms with van der Waals surface area (Å²) < 4.78 is 0. The predicted octanol–water partition coefficient (Wildman–Crippen LogP) is 2.87.